The lowest BCUT2D eigenvalue weighted by atomic mass is 10.0. The molecule has 0 saturated carbocycles. The highest BCUT2D eigenvalue weighted by Gasteiger charge is 2.10. The van der Waals surface area contributed by atoms with Gasteiger partial charge in [0.05, 0.1) is 5.56 Å². The second-order valence-corrected chi connectivity index (χ2v) is 6.15. The zero-order chi connectivity index (χ0) is 17.9. The van der Waals surface area contributed by atoms with Crippen LogP contribution in [0.5, 0.6) is 0 Å². The molecule has 0 radical (unpaired) electrons. The Morgan fingerprint density at radius 3 is 2.08 bits per heavy atom. The molecular formula is C23H26O2. The largest absolute Gasteiger partial charge is 0.422 e. The van der Waals surface area contributed by atoms with Gasteiger partial charge in [0.15, 0.2) is 0 Å². The van der Waals surface area contributed by atoms with Gasteiger partial charge in [-0.25, -0.2) is 4.79 Å². The summed E-state index contributed by atoms with van der Waals surface area (Å²) in [5.74, 6) is 12.5. The molecule has 1 aromatic carbocycles. The Hall–Kier alpha value is -2.45. The van der Waals surface area contributed by atoms with Gasteiger partial charge in [-0.3, -0.25) is 0 Å². The molecule has 2 rings (SSSR count). The van der Waals surface area contributed by atoms with Crippen LogP contribution >= 0.6 is 0 Å². The van der Waals surface area contributed by atoms with Crippen molar-refractivity contribution in [1.29, 1.82) is 0 Å². The van der Waals surface area contributed by atoms with Crippen LogP contribution in [0.15, 0.2) is 33.5 Å². The van der Waals surface area contributed by atoms with Crippen LogP contribution in [0, 0.1) is 23.7 Å². The standard InChI is InChI=1S/C23H26O2/c1-3-5-7-9-11-15-19-20-16-13-14-18-22(20)25-23(24)21(19)17-12-10-8-6-4-2/h13-14,16,18H,3-10H2,1-2H3. The van der Waals surface area contributed by atoms with E-state index in [1.165, 1.54) is 12.8 Å². The third-order valence-electron chi connectivity index (χ3n) is 4.05. The Labute approximate surface area is 150 Å². The lowest BCUT2D eigenvalue weighted by molar-refractivity contribution is 0.558. The molecule has 1 heterocycles. The summed E-state index contributed by atoms with van der Waals surface area (Å²) in [6, 6.07) is 7.54. The van der Waals surface area contributed by atoms with Crippen LogP contribution in [-0.4, -0.2) is 0 Å². The van der Waals surface area contributed by atoms with E-state index in [2.05, 4.69) is 37.5 Å². The Balaban J connectivity index is 2.39. The predicted molar refractivity (Wildman–Crippen MR) is 105 cm³/mol. The summed E-state index contributed by atoms with van der Waals surface area (Å²) in [4.78, 5) is 12.4. The summed E-state index contributed by atoms with van der Waals surface area (Å²) in [5.41, 5.74) is 1.30. The first-order valence-electron chi connectivity index (χ1n) is 9.31. The SMILES string of the molecule is CCCCCC#Cc1c(C#CCCCCC)c2ccccc2oc1=O. The monoisotopic (exact) mass is 334 g/mol. The minimum atomic E-state index is -0.389. The van der Waals surface area contributed by atoms with Gasteiger partial charge >= 0.3 is 5.63 Å². The van der Waals surface area contributed by atoms with Crippen molar-refractivity contribution >= 4 is 11.0 Å². The van der Waals surface area contributed by atoms with E-state index in [1.807, 2.05) is 18.2 Å². The van der Waals surface area contributed by atoms with E-state index in [0.717, 1.165) is 43.9 Å². The molecule has 2 heteroatoms. The summed E-state index contributed by atoms with van der Waals surface area (Å²) in [6.45, 7) is 4.34. The molecule has 130 valence electrons. The fraction of sp³-hybridized carbons (Fsp3) is 0.435. The fourth-order valence-electron chi connectivity index (χ4n) is 2.62. The van der Waals surface area contributed by atoms with E-state index in [1.54, 1.807) is 6.07 Å². The molecule has 0 aliphatic heterocycles. The lowest BCUT2D eigenvalue weighted by Crippen LogP contribution is -2.07. The van der Waals surface area contributed by atoms with Crippen molar-refractivity contribution in [2.75, 3.05) is 0 Å². The van der Waals surface area contributed by atoms with Gasteiger partial charge in [-0.05, 0) is 25.0 Å². The Morgan fingerprint density at radius 1 is 0.840 bits per heavy atom. The van der Waals surface area contributed by atoms with Crippen molar-refractivity contribution < 1.29 is 4.42 Å². The molecule has 0 bridgehead atoms. The van der Waals surface area contributed by atoms with Crippen LogP contribution in [0.2, 0.25) is 0 Å². The first-order chi connectivity index (χ1) is 12.3. The molecule has 2 aromatic rings. The smallest absolute Gasteiger partial charge is 0.353 e. The molecule has 1 aromatic heterocycles. The van der Waals surface area contributed by atoms with Gasteiger partial charge < -0.3 is 4.42 Å². The van der Waals surface area contributed by atoms with Gasteiger partial charge in [0, 0.05) is 18.2 Å². The van der Waals surface area contributed by atoms with Crippen LogP contribution in [0.3, 0.4) is 0 Å². The van der Waals surface area contributed by atoms with Crippen LogP contribution < -0.4 is 5.63 Å². The topological polar surface area (TPSA) is 30.2 Å². The number of hydrogen-bond acceptors (Lipinski definition) is 2. The first-order valence-corrected chi connectivity index (χ1v) is 9.31. The van der Waals surface area contributed by atoms with Crippen molar-refractivity contribution in [3.63, 3.8) is 0 Å². The second-order valence-electron chi connectivity index (χ2n) is 6.15. The number of rotatable bonds is 6. The number of hydrogen-bond donors (Lipinski definition) is 0. The van der Waals surface area contributed by atoms with E-state index < -0.39 is 0 Å². The summed E-state index contributed by atoms with van der Waals surface area (Å²) < 4.78 is 5.43. The molecule has 0 spiro atoms. The molecule has 0 atom stereocenters. The molecule has 0 N–H and O–H groups in total. The molecule has 0 fully saturated rings. The van der Waals surface area contributed by atoms with Crippen LogP contribution in [0.4, 0.5) is 0 Å². The maximum absolute atomic E-state index is 12.4. The van der Waals surface area contributed by atoms with Gasteiger partial charge in [0.2, 0.25) is 0 Å². The van der Waals surface area contributed by atoms with E-state index in [9.17, 15) is 4.79 Å². The summed E-state index contributed by atoms with van der Waals surface area (Å²) in [6.07, 6.45) is 8.44. The predicted octanol–water partition coefficient (Wildman–Crippen LogP) is 5.66. The number of unbranched alkanes of at least 4 members (excludes halogenated alkanes) is 6. The maximum atomic E-state index is 12.4. The van der Waals surface area contributed by atoms with Gasteiger partial charge in [0.1, 0.15) is 11.1 Å². The Morgan fingerprint density at radius 2 is 1.44 bits per heavy atom. The van der Waals surface area contributed by atoms with Gasteiger partial charge in [-0.15, -0.1) is 0 Å². The van der Waals surface area contributed by atoms with Gasteiger partial charge in [-0.2, -0.15) is 0 Å². The summed E-state index contributed by atoms with van der Waals surface area (Å²) >= 11 is 0. The van der Waals surface area contributed by atoms with Crippen molar-refractivity contribution in [3.05, 3.63) is 45.8 Å². The minimum absolute atomic E-state index is 0.389. The van der Waals surface area contributed by atoms with Crippen LogP contribution in [0.1, 0.15) is 76.3 Å². The molecule has 25 heavy (non-hydrogen) atoms. The van der Waals surface area contributed by atoms with Crippen LogP contribution in [0.25, 0.3) is 11.0 Å². The average Bonchev–Trinajstić information content (AvgIpc) is 2.62. The molecular weight excluding hydrogens is 308 g/mol. The first kappa shape index (κ1) is 18.9. The van der Waals surface area contributed by atoms with E-state index in [4.69, 9.17) is 4.42 Å². The number of para-hydroxylation sites is 1. The highest BCUT2D eigenvalue weighted by Crippen LogP contribution is 2.19. The van der Waals surface area contributed by atoms with E-state index >= 15 is 0 Å². The van der Waals surface area contributed by atoms with Crippen LogP contribution in [-0.2, 0) is 0 Å². The second kappa shape index (κ2) is 10.4. The normalized spacial score (nSPS) is 10.0. The summed E-state index contributed by atoms with van der Waals surface area (Å²) in [5, 5.41) is 0.864. The van der Waals surface area contributed by atoms with Gasteiger partial charge in [0.25, 0.3) is 0 Å². The maximum Gasteiger partial charge on any atom is 0.353 e. The van der Waals surface area contributed by atoms with Crippen molar-refractivity contribution in [2.24, 2.45) is 0 Å². The van der Waals surface area contributed by atoms with Crippen molar-refractivity contribution in [1.82, 2.24) is 0 Å². The van der Waals surface area contributed by atoms with Gasteiger partial charge in [-0.1, -0.05) is 75.3 Å². The average molecular weight is 334 g/mol. The third kappa shape index (κ3) is 5.54. The minimum Gasteiger partial charge on any atom is -0.422 e. The zero-order valence-electron chi connectivity index (χ0n) is 15.3. The molecule has 0 unspecified atom stereocenters. The lowest BCUT2D eigenvalue weighted by Gasteiger charge is -2.02. The van der Waals surface area contributed by atoms with Crippen molar-refractivity contribution in [3.8, 4) is 23.7 Å². The van der Waals surface area contributed by atoms with E-state index in [0.29, 0.717) is 16.7 Å². The Kier molecular flexibility index (Phi) is 7.87. The van der Waals surface area contributed by atoms with E-state index in [-0.39, 0.29) is 5.63 Å². The number of benzene rings is 1. The highest BCUT2D eigenvalue weighted by atomic mass is 16.4. The molecule has 2 nitrogen and oxygen atoms in total. The third-order valence-corrected chi connectivity index (χ3v) is 4.05. The number of fused-ring (bicyclic) bond motifs is 1. The fourth-order valence-corrected chi connectivity index (χ4v) is 2.62. The molecule has 0 amide bonds. The Bertz CT molecular complexity index is 866. The summed E-state index contributed by atoms with van der Waals surface area (Å²) in [7, 11) is 0. The molecule has 0 saturated heterocycles. The van der Waals surface area contributed by atoms with Crippen molar-refractivity contribution in [2.45, 2.75) is 65.2 Å². The highest BCUT2D eigenvalue weighted by molar-refractivity contribution is 5.85. The quantitative estimate of drug-likeness (QED) is 0.388. The zero-order valence-corrected chi connectivity index (χ0v) is 15.3. The molecule has 0 aliphatic carbocycles. The molecule has 0 aliphatic rings.